The Morgan fingerprint density at radius 2 is 2.42 bits per heavy atom. The molecule has 2 heteroatoms. The molecule has 0 N–H and O–H groups in total. The van der Waals surface area contributed by atoms with Gasteiger partial charge in [0.05, 0.1) is 5.92 Å². The van der Waals surface area contributed by atoms with E-state index in [4.69, 9.17) is 0 Å². The van der Waals surface area contributed by atoms with Crippen molar-refractivity contribution in [3.63, 3.8) is 0 Å². The summed E-state index contributed by atoms with van der Waals surface area (Å²) in [5.41, 5.74) is 0. The highest BCUT2D eigenvalue weighted by Crippen LogP contribution is 2.30. The first-order valence-corrected chi connectivity index (χ1v) is 4.29. The van der Waals surface area contributed by atoms with Gasteiger partial charge in [0.25, 0.3) is 0 Å². The minimum Gasteiger partial charge on any atom is -0.299 e. The minimum absolute atomic E-state index is 0.0200. The molecule has 0 aliphatic heterocycles. The van der Waals surface area contributed by atoms with Crippen LogP contribution in [0.25, 0.3) is 0 Å². The van der Waals surface area contributed by atoms with Crippen molar-refractivity contribution in [1.29, 1.82) is 0 Å². The van der Waals surface area contributed by atoms with Crippen LogP contribution in [0.1, 0.15) is 26.2 Å². The van der Waals surface area contributed by atoms with Crippen LogP contribution in [0.4, 0.5) is 0 Å². The molecule has 1 rings (SSSR count). The maximum atomic E-state index is 11.2. The van der Waals surface area contributed by atoms with Crippen LogP contribution in [-0.4, -0.2) is 11.6 Å². The third-order valence-corrected chi connectivity index (χ3v) is 2.44. The van der Waals surface area contributed by atoms with E-state index in [9.17, 15) is 9.59 Å². The van der Waals surface area contributed by atoms with Gasteiger partial charge in [-0.2, -0.15) is 0 Å². The summed E-state index contributed by atoms with van der Waals surface area (Å²) in [6.07, 6.45) is 3.98. The van der Waals surface area contributed by atoms with Gasteiger partial charge in [0, 0.05) is 6.42 Å². The molecule has 0 amide bonds. The van der Waals surface area contributed by atoms with Crippen molar-refractivity contribution in [3.05, 3.63) is 12.7 Å². The van der Waals surface area contributed by atoms with Gasteiger partial charge in [-0.25, -0.2) is 0 Å². The van der Waals surface area contributed by atoms with Gasteiger partial charge in [-0.05, 0) is 25.7 Å². The molecule has 0 heterocycles. The van der Waals surface area contributed by atoms with Crippen LogP contribution < -0.4 is 0 Å². The molecule has 12 heavy (non-hydrogen) atoms. The minimum atomic E-state index is -0.310. The Morgan fingerprint density at radius 3 is 2.83 bits per heavy atom. The van der Waals surface area contributed by atoms with Gasteiger partial charge < -0.3 is 0 Å². The lowest BCUT2D eigenvalue weighted by Crippen LogP contribution is -2.14. The van der Waals surface area contributed by atoms with Crippen LogP contribution in [0.3, 0.4) is 0 Å². The van der Waals surface area contributed by atoms with E-state index in [1.54, 1.807) is 0 Å². The fourth-order valence-corrected chi connectivity index (χ4v) is 1.78. The van der Waals surface area contributed by atoms with Crippen LogP contribution in [0.15, 0.2) is 12.7 Å². The topological polar surface area (TPSA) is 34.1 Å². The number of carbonyl (C=O) groups is 2. The zero-order valence-corrected chi connectivity index (χ0v) is 7.38. The molecule has 0 aromatic heterocycles. The van der Waals surface area contributed by atoms with E-state index in [-0.39, 0.29) is 17.5 Å². The summed E-state index contributed by atoms with van der Waals surface area (Å²) in [5.74, 6) is 0.194. The van der Waals surface area contributed by atoms with E-state index in [1.807, 2.05) is 6.08 Å². The summed E-state index contributed by atoms with van der Waals surface area (Å²) in [6.45, 7) is 5.12. The Hall–Kier alpha value is -0.920. The maximum Gasteiger partial charge on any atom is 0.143 e. The van der Waals surface area contributed by atoms with Gasteiger partial charge in [0.15, 0.2) is 0 Å². The molecule has 2 atom stereocenters. The monoisotopic (exact) mass is 166 g/mol. The molecule has 0 spiro atoms. The first kappa shape index (κ1) is 9.17. The average molecular weight is 166 g/mol. The van der Waals surface area contributed by atoms with E-state index in [1.165, 1.54) is 6.92 Å². The largest absolute Gasteiger partial charge is 0.299 e. The van der Waals surface area contributed by atoms with E-state index in [2.05, 4.69) is 6.58 Å². The van der Waals surface area contributed by atoms with Crippen LogP contribution in [-0.2, 0) is 9.59 Å². The Balaban J connectivity index is 2.55. The molecule has 0 aromatic rings. The molecule has 1 saturated carbocycles. The van der Waals surface area contributed by atoms with Crippen molar-refractivity contribution >= 4 is 11.6 Å². The fourth-order valence-electron chi connectivity index (χ4n) is 1.78. The molecular weight excluding hydrogens is 152 g/mol. The molecular formula is C10H14O2. The third-order valence-electron chi connectivity index (χ3n) is 2.44. The van der Waals surface area contributed by atoms with Gasteiger partial charge in [0.1, 0.15) is 11.6 Å². The lowest BCUT2D eigenvalue weighted by molar-refractivity contribution is -0.129. The summed E-state index contributed by atoms with van der Waals surface area (Å²) >= 11 is 0. The summed E-state index contributed by atoms with van der Waals surface area (Å²) in [6, 6.07) is 0. The summed E-state index contributed by atoms with van der Waals surface area (Å²) in [5, 5.41) is 0. The van der Waals surface area contributed by atoms with E-state index in [0.717, 1.165) is 12.8 Å². The van der Waals surface area contributed by atoms with Gasteiger partial charge in [0.2, 0.25) is 0 Å². The molecule has 1 aliphatic rings. The SMILES string of the molecule is C=CCC1CC(=O)C(C(C)=O)C1. The number of hydrogen-bond acceptors (Lipinski definition) is 2. The van der Waals surface area contributed by atoms with Crippen molar-refractivity contribution in [2.75, 3.05) is 0 Å². The second-order valence-electron chi connectivity index (χ2n) is 3.46. The molecule has 1 aliphatic carbocycles. The number of rotatable bonds is 3. The summed E-state index contributed by atoms with van der Waals surface area (Å²) in [4.78, 5) is 22.2. The quantitative estimate of drug-likeness (QED) is 0.473. The average Bonchev–Trinajstić information content (AvgIpc) is 2.32. The highest BCUT2D eigenvalue weighted by Gasteiger charge is 2.34. The predicted octanol–water partition coefficient (Wildman–Crippen LogP) is 1.75. The highest BCUT2D eigenvalue weighted by atomic mass is 16.1. The molecule has 2 nitrogen and oxygen atoms in total. The van der Waals surface area contributed by atoms with E-state index >= 15 is 0 Å². The van der Waals surface area contributed by atoms with Crippen LogP contribution in [0.2, 0.25) is 0 Å². The number of carbonyl (C=O) groups excluding carboxylic acids is 2. The van der Waals surface area contributed by atoms with Crippen LogP contribution in [0, 0.1) is 11.8 Å². The number of allylic oxidation sites excluding steroid dienone is 1. The first-order chi connectivity index (χ1) is 5.65. The first-order valence-electron chi connectivity index (χ1n) is 4.29. The number of ketones is 2. The van der Waals surface area contributed by atoms with Crippen LogP contribution in [0.5, 0.6) is 0 Å². The Morgan fingerprint density at radius 1 is 1.75 bits per heavy atom. The van der Waals surface area contributed by atoms with Gasteiger partial charge in [-0.3, -0.25) is 9.59 Å². The van der Waals surface area contributed by atoms with Gasteiger partial charge >= 0.3 is 0 Å². The molecule has 0 saturated heterocycles. The smallest absolute Gasteiger partial charge is 0.143 e. The lowest BCUT2D eigenvalue weighted by atomic mass is 9.99. The normalized spacial score (nSPS) is 28.9. The molecule has 0 radical (unpaired) electrons. The van der Waals surface area contributed by atoms with Crippen molar-refractivity contribution in [2.45, 2.75) is 26.2 Å². The maximum absolute atomic E-state index is 11.2. The number of Topliss-reactive ketones (excluding diaryl/α,β-unsaturated/α-hetero) is 2. The van der Waals surface area contributed by atoms with Crippen molar-refractivity contribution in [2.24, 2.45) is 11.8 Å². The molecule has 0 bridgehead atoms. The van der Waals surface area contributed by atoms with E-state index < -0.39 is 0 Å². The van der Waals surface area contributed by atoms with Gasteiger partial charge in [-0.1, -0.05) is 6.08 Å². The lowest BCUT2D eigenvalue weighted by Gasteiger charge is -2.03. The second kappa shape index (κ2) is 3.65. The molecule has 66 valence electrons. The van der Waals surface area contributed by atoms with Crippen molar-refractivity contribution in [1.82, 2.24) is 0 Å². The Labute approximate surface area is 72.7 Å². The number of hydrogen-bond donors (Lipinski definition) is 0. The molecule has 1 fully saturated rings. The zero-order valence-electron chi connectivity index (χ0n) is 7.38. The van der Waals surface area contributed by atoms with Gasteiger partial charge in [-0.15, -0.1) is 6.58 Å². The second-order valence-corrected chi connectivity index (χ2v) is 3.46. The Bertz CT molecular complexity index is 218. The fraction of sp³-hybridized carbons (Fsp3) is 0.600. The third kappa shape index (κ3) is 1.81. The predicted molar refractivity (Wildman–Crippen MR) is 46.7 cm³/mol. The Kier molecular flexibility index (Phi) is 2.79. The van der Waals surface area contributed by atoms with Crippen molar-refractivity contribution < 1.29 is 9.59 Å². The summed E-state index contributed by atoms with van der Waals surface area (Å²) in [7, 11) is 0. The molecule has 0 aromatic carbocycles. The zero-order chi connectivity index (χ0) is 9.14. The van der Waals surface area contributed by atoms with Crippen LogP contribution >= 0.6 is 0 Å². The standard InChI is InChI=1S/C10H14O2/c1-3-4-8-5-9(7(2)11)10(12)6-8/h3,8-9H,1,4-6H2,2H3. The highest BCUT2D eigenvalue weighted by molar-refractivity contribution is 6.02. The van der Waals surface area contributed by atoms with E-state index in [0.29, 0.717) is 12.3 Å². The van der Waals surface area contributed by atoms with Crippen molar-refractivity contribution in [3.8, 4) is 0 Å². The molecule has 2 unspecified atom stereocenters. The summed E-state index contributed by atoms with van der Waals surface area (Å²) < 4.78 is 0.